The lowest BCUT2D eigenvalue weighted by Gasteiger charge is -1.99. The highest BCUT2D eigenvalue weighted by Crippen LogP contribution is 2.04. The van der Waals surface area contributed by atoms with Gasteiger partial charge < -0.3 is 0 Å². The van der Waals surface area contributed by atoms with Crippen molar-refractivity contribution in [2.24, 2.45) is 0 Å². The van der Waals surface area contributed by atoms with Gasteiger partial charge in [-0.15, -0.1) is 0 Å². The van der Waals surface area contributed by atoms with Crippen LogP contribution in [0.3, 0.4) is 0 Å². The molecule has 2 rings (SSSR count). The van der Waals surface area contributed by atoms with Crippen LogP contribution >= 0.6 is 0 Å². The molecule has 0 saturated heterocycles. The zero-order chi connectivity index (χ0) is 11.9. The van der Waals surface area contributed by atoms with Crippen molar-refractivity contribution >= 4 is 23.0 Å². The standard InChI is InChI=1S/C9H8N4O3/c1-5(14)12-3-10-7-8(12)11-4-13(6(2)15)9(7)16/h3-4H,1-2H3. The van der Waals surface area contributed by atoms with E-state index >= 15 is 0 Å². The molecule has 0 bridgehead atoms. The topological polar surface area (TPSA) is 86.8 Å². The van der Waals surface area contributed by atoms with Gasteiger partial charge in [-0.25, -0.2) is 14.5 Å². The number of nitrogens with zero attached hydrogens (tertiary/aromatic N) is 4. The third-order valence-electron chi connectivity index (χ3n) is 2.14. The number of aromatic nitrogens is 4. The van der Waals surface area contributed by atoms with Gasteiger partial charge in [0.2, 0.25) is 11.8 Å². The fourth-order valence-electron chi connectivity index (χ4n) is 1.35. The normalized spacial score (nSPS) is 10.6. The zero-order valence-corrected chi connectivity index (χ0v) is 8.67. The summed E-state index contributed by atoms with van der Waals surface area (Å²) in [6.07, 6.45) is 2.31. The number of hydrogen-bond donors (Lipinski definition) is 0. The monoisotopic (exact) mass is 220 g/mol. The number of carbonyl (C=O) groups excluding carboxylic acids is 2. The van der Waals surface area contributed by atoms with Crippen molar-refractivity contribution in [2.75, 3.05) is 0 Å². The minimum atomic E-state index is -0.572. The van der Waals surface area contributed by atoms with Crippen LogP contribution in [0.1, 0.15) is 23.4 Å². The van der Waals surface area contributed by atoms with Crippen molar-refractivity contribution in [2.45, 2.75) is 13.8 Å². The van der Waals surface area contributed by atoms with Crippen LogP contribution in [-0.4, -0.2) is 30.9 Å². The molecule has 7 heteroatoms. The molecule has 2 aromatic heterocycles. The second-order valence-electron chi connectivity index (χ2n) is 3.24. The van der Waals surface area contributed by atoms with E-state index in [9.17, 15) is 14.4 Å². The predicted molar refractivity (Wildman–Crippen MR) is 54.4 cm³/mol. The van der Waals surface area contributed by atoms with E-state index < -0.39 is 11.5 Å². The van der Waals surface area contributed by atoms with E-state index in [1.165, 1.54) is 20.2 Å². The zero-order valence-electron chi connectivity index (χ0n) is 8.67. The molecule has 7 nitrogen and oxygen atoms in total. The van der Waals surface area contributed by atoms with Crippen LogP contribution in [0.5, 0.6) is 0 Å². The average molecular weight is 220 g/mol. The van der Waals surface area contributed by atoms with Crippen LogP contribution in [0.2, 0.25) is 0 Å². The van der Waals surface area contributed by atoms with Gasteiger partial charge in [-0.05, 0) is 0 Å². The molecule has 0 fully saturated rings. The maximum absolute atomic E-state index is 11.7. The highest BCUT2D eigenvalue weighted by molar-refractivity contribution is 5.87. The molecule has 0 aliphatic rings. The Morgan fingerprint density at radius 3 is 2.19 bits per heavy atom. The van der Waals surface area contributed by atoms with E-state index in [1.807, 2.05) is 0 Å². The van der Waals surface area contributed by atoms with E-state index in [-0.39, 0.29) is 17.1 Å². The third-order valence-corrected chi connectivity index (χ3v) is 2.14. The Hall–Kier alpha value is -2.31. The summed E-state index contributed by atoms with van der Waals surface area (Å²) < 4.78 is 2.00. The second-order valence-corrected chi connectivity index (χ2v) is 3.24. The lowest BCUT2D eigenvalue weighted by atomic mass is 10.5. The van der Waals surface area contributed by atoms with Crippen molar-refractivity contribution in [3.05, 3.63) is 23.0 Å². The lowest BCUT2D eigenvalue weighted by Crippen LogP contribution is -2.25. The average Bonchev–Trinajstić information content (AvgIpc) is 2.61. The van der Waals surface area contributed by atoms with Crippen LogP contribution < -0.4 is 5.56 Å². The van der Waals surface area contributed by atoms with Crippen molar-refractivity contribution in [3.8, 4) is 0 Å². The number of hydrogen-bond acceptors (Lipinski definition) is 5. The minimum absolute atomic E-state index is 0.00731. The molecule has 2 aromatic rings. The summed E-state index contributed by atoms with van der Waals surface area (Å²) >= 11 is 0. The molecule has 0 amide bonds. The van der Waals surface area contributed by atoms with Crippen molar-refractivity contribution in [3.63, 3.8) is 0 Å². The first-order valence-electron chi connectivity index (χ1n) is 4.49. The second kappa shape index (κ2) is 3.37. The summed E-state index contributed by atoms with van der Waals surface area (Å²) in [6.45, 7) is 2.58. The predicted octanol–water partition coefficient (Wildman–Crippen LogP) is -0.0868. The van der Waals surface area contributed by atoms with E-state index in [2.05, 4.69) is 9.97 Å². The van der Waals surface area contributed by atoms with E-state index in [0.29, 0.717) is 0 Å². The summed E-state index contributed by atoms with van der Waals surface area (Å²) in [4.78, 5) is 41.6. The van der Waals surface area contributed by atoms with Crippen LogP contribution in [0, 0.1) is 0 Å². The molecule has 16 heavy (non-hydrogen) atoms. The summed E-state index contributed by atoms with van der Waals surface area (Å²) in [7, 11) is 0. The largest absolute Gasteiger partial charge is 0.288 e. The Balaban J connectivity index is 2.84. The molecule has 0 saturated carbocycles. The molecule has 0 atom stereocenters. The molecule has 2 heterocycles. The van der Waals surface area contributed by atoms with Gasteiger partial charge in [-0.3, -0.25) is 19.0 Å². The Bertz CT molecular complexity index is 652. The van der Waals surface area contributed by atoms with Gasteiger partial charge in [-0.2, -0.15) is 0 Å². The number of rotatable bonds is 0. The summed E-state index contributed by atoms with van der Waals surface area (Å²) in [5, 5.41) is 0. The summed E-state index contributed by atoms with van der Waals surface area (Å²) in [5.41, 5.74) is -0.402. The molecule has 0 unspecified atom stereocenters. The first kappa shape index (κ1) is 10.2. The lowest BCUT2D eigenvalue weighted by molar-refractivity contribution is 0.0928. The van der Waals surface area contributed by atoms with Crippen LogP contribution in [0.25, 0.3) is 11.2 Å². The van der Waals surface area contributed by atoms with Gasteiger partial charge in [0, 0.05) is 13.8 Å². The fourth-order valence-corrected chi connectivity index (χ4v) is 1.35. The van der Waals surface area contributed by atoms with Crippen LogP contribution in [0.4, 0.5) is 0 Å². The Morgan fingerprint density at radius 2 is 1.62 bits per heavy atom. The van der Waals surface area contributed by atoms with Gasteiger partial charge in [0.1, 0.15) is 12.7 Å². The van der Waals surface area contributed by atoms with E-state index in [4.69, 9.17) is 0 Å². The van der Waals surface area contributed by atoms with Crippen LogP contribution in [0.15, 0.2) is 17.4 Å². The molecule has 0 aliphatic heterocycles. The molecule has 82 valence electrons. The van der Waals surface area contributed by atoms with Gasteiger partial charge in [0.05, 0.1) is 0 Å². The first-order chi connectivity index (χ1) is 7.52. The maximum atomic E-state index is 11.7. The smallest absolute Gasteiger partial charge is 0.274 e. The molecular weight excluding hydrogens is 212 g/mol. The van der Waals surface area contributed by atoms with E-state index in [0.717, 1.165) is 15.5 Å². The van der Waals surface area contributed by atoms with Gasteiger partial charge in [0.25, 0.3) is 5.56 Å². The molecular formula is C9H8N4O3. The van der Waals surface area contributed by atoms with Gasteiger partial charge >= 0.3 is 0 Å². The minimum Gasteiger partial charge on any atom is -0.274 e. The quantitative estimate of drug-likeness (QED) is 0.619. The summed E-state index contributed by atoms with van der Waals surface area (Å²) in [5.74, 6) is -0.744. The van der Waals surface area contributed by atoms with Crippen molar-refractivity contribution < 1.29 is 9.59 Å². The van der Waals surface area contributed by atoms with Crippen molar-refractivity contribution in [1.82, 2.24) is 19.1 Å². The van der Waals surface area contributed by atoms with E-state index in [1.54, 1.807) is 0 Å². The highest BCUT2D eigenvalue weighted by atomic mass is 16.2. The van der Waals surface area contributed by atoms with Crippen LogP contribution in [-0.2, 0) is 0 Å². The fraction of sp³-hybridized carbons (Fsp3) is 0.222. The van der Waals surface area contributed by atoms with Gasteiger partial charge in [-0.1, -0.05) is 0 Å². The third kappa shape index (κ3) is 1.33. The Labute approximate surface area is 89.3 Å². The van der Waals surface area contributed by atoms with Crippen molar-refractivity contribution in [1.29, 1.82) is 0 Å². The first-order valence-corrected chi connectivity index (χ1v) is 4.49. The molecule has 0 N–H and O–H groups in total. The highest BCUT2D eigenvalue weighted by Gasteiger charge is 2.13. The van der Waals surface area contributed by atoms with Gasteiger partial charge in [0.15, 0.2) is 11.2 Å². The maximum Gasteiger partial charge on any atom is 0.288 e. The summed E-state index contributed by atoms with van der Waals surface area (Å²) in [6, 6.07) is 0. The Morgan fingerprint density at radius 1 is 1.06 bits per heavy atom. The Kier molecular flexibility index (Phi) is 2.15. The molecule has 0 aliphatic carbocycles. The SMILES string of the molecule is CC(=O)n1cnc2c(ncn2C(C)=O)c1=O. The molecule has 0 aromatic carbocycles. The number of carbonyl (C=O) groups is 2. The number of fused-ring (bicyclic) bond motifs is 1. The molecule has 0 radical (unpaired) electrons. The molecule has 0 spiro atoms. The number of imidazole rings is 1.